The molecule has 0 N–H and O–H groups in total. The summed E-state index contributed by atoms with van der Waals surface area (Å²) in [7, 11) is 0. The molecular weight excluding hydrogens is 412 g/mol. The first-order valence-electron chi connectivity index (χ1n) is 5.26. The maximum atomic E-state index is 13.0. The summed E-state index contributed by atoms with van der Waals surface area (Å²) in [4.78, 5) is 0. The summed E-state index contributed by atoms with van der Waals surface area (Å²) >= 11 is 0. The molecule has 0 radical (unpaired) electrons. The van der Waals surface area contributed by atoms with Crippen molar-refractivity contribution in [3.05, 3.63) is 11.4 Å². The van der Waals surface area contributed by atoms with E-state index in [9.17, 15) is 70.2 Å². The molecule has 0 atom stereocenters. The molecule has 25 heavy (non-hydrogen) atoms. The van der Waals surface area contributed by atoms with Gasteiger partial charge in [0.15, 0.2) is 11.8 Å². The zero-order valence-corrected chi connectivity index (χ0v) is 10.7. The summed E-state index contributed by atoms with van der Waals surface area (Å²) in [6, 6.07) is 0. The SMILES string of the molecule is FC(=C(C(C(F)(F)F)C(F)(F)F)C(C(F)(F)F)C(F)(F)F)C(F)(F)F. The lowest BCUT2D eigenvalue weighted by Crippen LogP contribution is -2.48. The van der Waals surface area contributed by atoms with E-state index in [2.05, 4.69) is 0 Å². The minimum atomic E-state index is -7.13. The molecule has 0 aromatic heterocycles. The molecule has 0 aliphatic heterocycles. The molecule has 0 heterocycles. The van der Waals surface area contributed by atoms with E-state index in [1.54, 1.807) is 0 Å². The molecule has 0 saturated heterocycles. The van der Waals surface area contributed by atoms with Crippen molar-refractivity contribution in [3.8, 4) is 0 Å². The van der Waals surface area contributed by atoms with Gasteiger partial charge in [-0.25, -0.2) is 4.39 Å². The topological polar surface area (TPSA) is 0 Å². The highest BCUT2D eigenvalue weighted by Gasteiger charge is 2.70. The van der Waals surface area contributed by atoms with Gasteiger partial charge in [0.05, 0.1) is 0 Å². The van der Waals surface area contributed by atoms with Crippen LogP contribution in [0.4, 0.5) is 70.2 Å². The second-order valence-electron chi connectivity index (χ2n) is 4.30. The molecule has 0 fully saturated rings. The Morgan fingerprint density at radius 1 is 0.440 bits per heavy atom. The first-order chi connectivity index (χ1) is 10.5. The third-order valence-electron chi connectivity index (χ3n) is 2.43. The van der Waals surface area contributed by atoms with Gasteiger partial charge in [0.2, 0.25) is 5.83 Å². The quantitative estimate of drug-likeness (QED) is 0.469. The lowest BCUT2D eigenvalue weighted by Gasteiger charge is -2.33. The summed E-state index contributed by atoms with van der Waals surface area (Å²) in [5.41, 5.74) is -4.58. The van der Waals surface area contributed by atoms with Crippen molar-refractivity contribution in [2.24, 2.45) is 11.8 Å². The minimum absolute atomic E-state index is 4.58. The zero-order valence-electron chi connectivity index (χ0n) is 10.7. The van der Waals surface area contributed by atoms with Gasteiger partial charge >= 0.3 is 30.9 Å². The highest BCUT2D eigenvalue weighted by atomic mass is 19.4. The van der Waals surface area contributed by atoms with Gasteiger partial charge in [-0.2, -0.15) is 65.9 Å². The van der Waals surface area contributed by atoms with Gasteiger partial charge in [0.1, 0.15) is 0 Å². The summed E-state index contributed by atoms with van der Waals surface area (Å²) in [5.74, 6) is -16.8. The Kier molecular flexibility index (Phi) is 6.05. The maximum absolute atomic E-state index is 13.0. The van der Waals surface area contributed by atoms with E-state index in [0.29, 0.717) is 0 Å². The standard InChI is InChI=1S/C9H2F16/c10-4(9(23,24)25)1(2(5(11,12)13)6(14,15)16)3(7(17,18)19)8(20,21)22/h2-3H. The lowest BCUT2D eigenvalue weighted by molar-refractivity contribution is -0.303. The third kappa shape index (κ3) is 5.83. The molecule has 0 rings (SSSR count). The monoisotopic (exact) mass is 414 g/mol. The van der Waals surface area contributed by atoms with Gasteiger partial charge in [-0.1, -0.05) is 0 Å². The van der Waals surface area contributed by atoms with Gasteiger partial charge in [-0.15, -0.1) is 0 Å². The van der Waals surface area contributed by atoms with Crippen LogP contribution in [-0.4, -0.2) is 30.9 Å². The van der Waals surface area contributed by atoms with E-state index in [0.717, 1.165) is 0 Å². The summed E-state index contributed by atoms with van der Waals surface area (Å²) in [5, 5.41) is 0. The molecular formula is C9H2F16. The second kappa shape index (κ2) is 6.41. The van der Waals surface area contributed by atoms with Crippen molar-refractivity contribution in [3.63, 3.8) is 0 Å². The molecule has 0 aromatic carbocycles. The molecule has 0 aliphatic rings. The molecule has 0 aromatic rings. The predicted molar refractivity (Wildman–Crippen MR) is 45.4 cm³/mol. The van der Waals surface area contributed by atoms with Crippen molar-refractivity contribution in [1.29, 1.82) is 0 Å². The van der Waals surface area contributed by atoms with Crippen LogP contribution in [0.2, 0.25) is 0 Å². The van der Waals surface area contributed by atoms with Crippen LogP contribution in [0, 0.1) is 11.8 Å². The van der Waals surface area contributed by atoms with Crippen LogP contribution in [0.3, 0.4) is 0 Å². The molecule has 0 saturated carbocycles. The number of hydrogen-bond donors (Lipinski definition) is 0. The second-order valence-corrected chi connectivity index (χ2v) is 4.30. The molecule has 0 nitrogen and oxygen atoms in total. The van der Waals surface area contributed by atoms with Crippen molar-refractivity contribution in [2.75, 3.05) is 0 Å². The predicted octanol–water partition coefficient (Wildman–Crippen LogP) is 6.25. The van der Waals surface area contributed by atoms with Gasteiger partial charge in [0.25, 0.3) is 0 Å². The van der Waals surface area contributed by atoms with Crippen LogP contribution >= 0.6 is 0 Å². The van der Waals surface area contributed by atoms with Crippen LogP contribution in [0.15, 0.2) is 11.4 Å². The van der Waals surface area contributed by atoms with Gasteiger partial charge < -0.3 is 0 Å². The van der Waals surface area contributed by atoms with Crippen molar-refractivity contribution >= 4 is 0 Å². The fourth-order valence-electron chi connectivity index (χ4n) is 1.66. The van der Waals surface area contributed by atoms with E-state index in [1.165, 1.54) is 0 Å². The third-order valence-corrected chi connectivity index (χ3v) is 2.43. The van der Waals surface area contributed by atoms with Gasteiger partial charge in [-0.3, -0.25) is 0 Å². The molecule has 0 unspecified atom stereocenters. The van der Waals surface area contributed by atoms with Gasteiger partial charge in [0, 0.05) is 5.57 Å². The first kappa shape index (κ1) is 23.6. The highest BCUT2D eigenvalue weighted by molar-refractivity contribution is 5.25. The van der Waals surface area contributed by atoms with E-state index in [1.807, 2.05) is 0 Å². The zero-order chi connectivity index (χ0) is 20.8. The normalized spacial score (nSPS) is 15.1. The largest absolute Gasteiger partial charge is 0.442 e. The smallest absolute Gasteiger partial charge is 0.202 e. The number of allylic oxidation sites excluding steroid dienone is 2. The van der Waals surface area contributed by atoms with Crippen LogP contribution in [0.5, 0.6) is 0 Å². The fraction of sp³-hybridized carbons (Fsp3) is 0.778. The molecule has 0 bridgehead atoms. The number of hydrogen-bond acceptors (Lipinski definition) is 0. The Morgan fingerprint density at radius 3 is 0.760 bits per heavy atom. The Hall–Kier alpha value is -1.38. The van der Waals surface area contributed by atoms with Crippen LogP contribution in [0.1, 0.15) is 0 Å². The Morgan fingerprint density at radius 2 is 0.640 bits per heavy atom. The number of halogens is 16. The average molecular weight is 414 g/mol. The summed E-state index contributed by atoms with van der Waals surface area (Å²) < 4.78 is 197. The Balaban J connectivity index is 7.11. The molecule has 0 amide bonds. The molecule has 0 aliphatic carbocycles. The lowest BCUT2D eigenvalue weighted by atomic mass is 9.84. The van der Waals surface area contributed by atoms with E-state index < -0.39 is 54.1 Å². The maximum Gasteiger partial charge on any atom is 0.442 e. The van der Waals surface area contributed by atoms with Crippen molar-refractivity contribution < 1.29 is 70.2 Å². The van der Waals surface area contributed by atoms with Crippen LogP contribution in [0.25, 0.3) is 0 Å². The summed E-state index contributed by atoms with van der Waals surface area (Å²) in [6.07, 6.45) is -35.5. The number of rotatable bonds is 2. The fourth-order valence-corrected chi connectivity index (χ4v) is 1.66. The summed E-state index contributed by atoms with van der Waals surface area (Å²) in [6.45, 7) is 0. The van der Waals surface area contributed by atoms with E-state index >= 15 is 0 Å². The van der Waals surface area contributed by atoms with E-state index in [-0.39, 0.29) is 0 Å². The molecule has 16 heteroatoms. The van der Waals surface area contributed by atoms with Crippen LogP contribution < -0.4 is 0 Å². The van der Waals surface area contributed by atoms with E-state index in [4.69, 9.17) is 0 Å². The van der Waals surface area contributed by atoms with Crippen molar-refractivity contribution in [2.45, 2.75) is 30.9 Å². The van der Waals surface area contributed by atoms with Gasteiger partial charge in [-0.05, 0) is 0 Å². The minimum Gasteiger partial charge on any atom is -0.202 e. The average Bonchev–Trinajstić information content (AvgIpc) is 2.17. The first-order valence-corrected chi connectivity index (χ1v) is 5.26. The number of alkyl halides is 15. The highest BCUT2D eigenvalue weighted by Crippen LogP contribution is 2.55. The molecule has 0 spiro atoms. The Labute approximate surface area is 126 Å². The Bertz CT molecular complexity index is 428. The van der Waals surface area contributed by atoms with Crippen LogP contribution in [-0.2, 0) is 0 Å². The van der Waals surface area contributed by atoms with Crippen molar-refractivity contribution in [1.82, 2.24) is 0 Å². The molecule has 150 valence electrons.